The van der Waals surface area contributed by atoms with Crippen molar-refractivity contribution in [2.45, 2.75) is 57.6 Å². The molecule has 0 unspecified atom stereocenters. The number of nitrogens with zero attached hydrogens (tertiary/aromatic N) is 1. The molecule has 2 N–H and O–H groups in total. The van der Waals surface area contributed by atoms with Crippen LogP contribution in [-0.4, -0.2) is 34.2 Å². The highest BCUT2D eigenvalue weighted by atomic mass is 35.5. The van der Waals surface area contributed by atoms with Crippen molar-refractivity contribution in [1.29, 1.82) is 0 Å². The smallest absolute Gasteiger partial charge is 0.251 e. The maximum atomic E-state index is 12.6. The topological polar surface area (TPSA) is 56.3 Å². The van der Waals surface area contributed by atoms with Crippen LogP contribution in [0.2, 0.25) is 0 Å². The molecule has 1 aromatic carbocycles. The van der Waals surface area contributed by atoms with E-state index in [4.69, 9.17) is 0 Å². The van der Waals surface area contributed by atoms with Gasteiger partial charge in [-0.1, -0.05) is 18.2 Å². The third kappa shape index (κ3) is 3.24. The first-order chi connectivity index (χ1) is 12.7. The van der Waals surface area contributed by atoms with E-state index in [2.05, 4.69) is 28.1 Å². The molecule has 2 aliphatic carbocycles. The van der Waals surface area contributed by atoms with Crippen molar-refractivity contribution >= 4 is 12.4 Å². The molecule has 0 spiro atoms. The summed E-state index contributed by atoms with van der Waals surface area (Å²) in [5.74, 6) is 0. The maximum Gasteiger partial charge on any atom is 0.251 e. The molecule has 2 heterocycles. The van der Waals surface area contributed by atoms with Gasteiger partial charge in [0.1, 0.15) is 0 Å². The summed E-state index contributed by atoms with van der Waals surface area (Å²) in [6, 6.07) is 6.52. The number of H-pyrrole nitrogens is 1. The van der Waals surface area contributed by atoms with E-state index in [1.165, 1.54) is 34.2 Å². The summed E-state index contributed by atoms with van der Waals surface area (Å²) in [4.78, 5) is 18.2. The number of hydrogen-bond donors (Lipinski definition) is 2. The van der Waals surface area contributed by atoms with E-state index in [1.807, 2.05) is 0 Å². The van der Waals surface area contributed by atoms with E-state index in [9.17, 15) is 9.90 Å². The van der Waals surface area contributed by atoms with E-state index < -0.39 is 0 Å². The second-order valence-electron chi connectivity index (χ2n) is 8.10. The van der Waals surface area contributed by atoms with E-state index in [0.717, 1.165) is 69.4 Å². The van der Waals surface area contributed by atoms with Crippen LogP contribution in [0.15, 0.2) is 23.0 Å². The Balaban J connectivity index is 0.00000180. The number of halogens is 1. The van der Waals surface area contributed by atoms with E-state index >= 15 is 0 Å². The van der Waals surface area contributed by atoms with Crippen molar-refractivity contribution in [3.63, 3.8) is 0 Å². The van der Waals surface area contributed by atoms with E-state index in [0.29, 0.717) is 0 Å². The van der Waals surface area contributed by atoms with Gasteiger partial charge in [0.05, 0.1) is 11.8 Å². The van der Waals surface area contributed by atoms with Crippen molar-refractivity contribution in [1.82, 2.24) is 9.88 Å². The average Bonchev–Trinajstić information content (AvgIpc) is 3.04. The number of pyridine rings is 1. The first-order valence-electron chi connectivity index (χ1n) is 9.99. The van der Waals surface area contributed by atoms with Gasteiger partial charge in [0, 0.05) is 37.2 Å². The molecule has 0 radical (unpaired) electrons. The van der Waals surface area contributed by atoms with Gasteiger partial charge in [-0.3, -0.25) is 9.69 Å². The van der Waals surface area contributed by atoms with Crippen molar-refractivity contribution < 1.29 is 5.11 Å². The van der Waals surface area contributed by atoms with Crippen LogP contribution in [0.4, 0.5) is 0 Å². The highest BCUT2D eigenvalue weighted by Crippen LogP contribution is 2.40. The van der Waals surface area contributed by atoms with Gasteiger partial charge in [-0.05, 0) is 60.8 Å². The van der Waals surface area contributed by atoms with E-state index in [1.54, 1.807) is 0 Å². The van der Waals surface area contributed by atoms with Crippen LogP contribution in [0.1, 0.15) is 53.5 Å². The molecule has 0 atom stereocenters. The predicted molar refractivity (Wildman–Crippen MR) is 110 cm³/mol. The van der Waals surface area contributed by atoms with Crippen LogP contribution in [0.3, 0.4) is 0 Å². The lowest BCUT2D eigenvalue weighted by Gasteiger charge is -2.30. The number of likely N-dealkylation sites (tertiary alicyclic amines) is 1. The summed E-state index contributed by atoms with van der Waals surface area (Å²) < 4.78 is 0. The largest absolute Gasteiger partial charge is 0.393 e. The van der Waals surface area contributed by atoms with Crippen molar-refractivity contribution in [3.05, 3.63) is 56.4 Å². The van der Waals surface area contributed by atoms with Gasteiger partial charge in [-0.25, -0.2) is 0 Å². The van der Waals surface area contributed by atoms with Gasteiger partial charge in [0.25, 0.3) is 5.56 Å². The molecule has 1 aliphatic heterocycles. The first kappa shape index (κ1) is 18.7. The molecule has 2 aromatic rings. The minimum atomic E-state index is -0.131. The number of aliphatic hydroxyl groups is 1. The molecule has 1 aromatic heterocycles. The number of hydrogen-bond acceptors (Lipinski definition) is 3. The van der Waals surface area contributed by atoms with Crippen molar-refractivity contribution in [2.24, 2.45) is 0 Å². The Morgan fingerprint density at radius 2 is 1.78 bits per heavy atom. The Bertz CT molecular complexity index is 913. The van der Waals surface area contributed by atoms with Gasteiger partial charge in [0.15, 0.2) is 0 Å². The fraction of sp³-hybridized carbons (Fsp3) is 0.500. The van der Waals surface area contributed by atoms with Crippen LogP contribution in [0.5, 0.6) is 0 Å². The zero-order valence-corrected chi connectivity index (χ0v) is 16.4. The molecule has 27 heavy (non-hydrogen) atoms. The summed E-state index contributed by atoms with van der Waals surface area (Å²) in [7, 11) is 0. The molecule has 5 heteroatoms. The third-order valence-electron chi connectivity index (χ3n) is 6.49. The standard InChI is InChI=1S/C22H26N2O2.ClH/c25-15-8-10-24(11-9-15)13-14-4-3-7-17-19(14)12-20-16-5-1-2-6-18(16)22(26)23-21(17)20;/h3-4,7,15,25H,1-2,5-6,8-13H2,(H,23,26);1H. The van der Waals surface area contributed by atoms with Gasteiger partial charge >= 0.3 is 0 Å². The molecular formula is C22H27ClN2O2. The molecule has 0 amide bonds. The minimum Gasteiger partial charge on any atom is -0.393 e. The Kier molecular flexibility index (Phi) is 5.15. The van der Waals surface area contributed by atoms with Crippen LogP contribution < -0.4 is 5.56 Å². The Morgan fingerprint density at radius 3 is 2.56 bits per heavy atom. The van der Waals surface area contributed by atoms with Gasteiger partial charge in [-0.15, -0.1) is 12.4 Å². The molecule has 0 saturated carbocycles. The third-order valence-corrected chi connectivity index (χ3v) is 6.49. The Labute approximate surface area is 166 Å². The quantitative estimate of drug-likeness (QED) is 0.711. The van der Waals surface area contributed by atoms with Gasteiger partial charge in [0.2, 0.25) is 0 Å². The minimum absolute atomic E-state index is 0. The lowest BCUT2D eigenvalue weighted by molar-refractivity contribution is 0.0791. The number of aromatic nitrogens is 1. The molecule has 1 fully saturated rings. The summed E-state index contributed by atoms with van der Waals surface area (Å²) in [5, 5.41) is 9.74. The zero-order valence-electron chi connectivity index (χ0n) is 15.6. The monoisotopic (exact) mass is 386 g/mol. The maximum absolute atomic E-state index is 12.6. The van der Waals surface area contributed by atoms with Gasteiger partial charge in [-0.2, -0.15) is 0 Å². The number of aromatic amines is 1. The Morgan fingerprint density at radius 1 is 1.04 bits per heavy atom. The molecule has 3 aliphatic rings. The van der Waals surface area contributed by atoms with Crippen LogP contribution in [0, 0.1) is 0 Å². The summed E-state index contributed by atoms with van der Waals surface area (Å²) in [6.07, 6.45) is 6.87. The second-order valence-corrected chi connectivity index (χ2v) is 8.10. The SMILES string of the molecule is Cl.O=c1[nH]c2c(c3c1CCCC3)Cc1c(CN3CCC(O)CC3)cccc1-2. The van der Waals surface area contributed by atoms with Crippen LogP contribution >= 0.6 is 12.4 Å². The molecule has 0 bridgehead atoms. The number of rotatable bonds is 2. The second kappa shape index (κ2) is 7.42. The van der Waals surface area contributed by atoms with E-state index in [-0.39, 0.29) is 24.1 Å². The highest BCUT2D eigenvalue weighted by molar-refractivity contribution is 5.85. The number of benzene rings is 1. The van der Waals surface area contributed by atoms with Gasteiger partial charge < -0.3 is 10.1 Å². The zero-order chi connectivity index (χ0) is 17.7. The molecule has 5 rings (SSSR count). The normalized spacial score (nSPS) is 19.1. The van der Waals surface area contributed by atoms with Crippen LogP contribution in [0.25, 0.3) is 11.3 Å². The fourth-order valence-corrected chi connectivity index (χ4v) is 5.05. The fourth-order valence-electron chi connectivity index (χ4n) is 5.05. The highest BCUT2D eigenvalue weighted by Gasteiger charge is 2.28. The molecule has 144 valence electrons. The summed E-state index contributed by atoms with van der Waals surface area (Å²) >= 11 is 0. The number of piperidine rings is 1. The lowest BCUT2D eigenvalue weighted by Crippen LogP contribution is -2.35. The first-order valence-corrected chi connectivity index (χ1v) is 9.99. The van der Waals surface area contributed by atoms with Crippen molar-refractivity contribution in [2.75, 3.05) is 13.1 Å². The molecule has 4 nitrogen and oxygen atoms in total. The van der Waals surface area contributed by atoms with Crippen molar-refractivity contribution in [3.8, 4) is 11.3 Å². The molecular weight excluding hydrogens is 360 g/mol. The number of nitrogens with one attached hydrogen (secondary N) is 1. The molecule has 1 saturated heterocycles. The lowest BCUT2D eigenvalue weighted by atomic mass is 9.88. The summed E-state index contributed by atoms with van der Waals surface area (Å²) in [5.41, 5.74) is 8.93. The Hall–Kier alpha value is -1.62. The summed E-state index contributed by atoms with van der Waals surface area (Å²) in [6.45, 7) is 2.87. The van der Waals surface area contributed by atoms with Crippen LogP contribution in [-0.2, 0) is 25.8 Å². The average molecular weight is 387 g/mol. The predicted octanol–water partition coefficient (Wildman–Crippen LogP) is 3.20. The number of aliphatic hydroxyl groups excluding tert-OH is 1. The number of fused-ring (bicyclic) bond motifs is 5.